The lowest BCUT2D eigenvalue weighted by molar-refractivity contribution is 0.339. The molecule has 76 valence electrons. The molecular formula is C10H21N3. The molecule has 2 unspecified atom stereocenters. The molecule has 0 aliphatic carbocycles. The summed E-state index contributed by atoms with van der Waals surface area (Å²) < 4.78 is 0. The molecule has 0 aromatic rings. The van der Waals surface area contributed by atoms with Crippen molar-refractivity contribution in [3.05, 3.63) is 0 Å². The van der Waals surface area contributed by atoms with Gasteiger partial charge in [-0.25, -0.2) is 0 Å². The van der Waals surface area contributed by atoms with Crippen LogP contribution in [0.1, 0.15) is 19.3 Å². The second-order valence-electron chi connectivity index (χ2n) is 4.46. The summed E-state index contributed by atoms with van der Waals surface area (Å²) in [5, 5.41) is 7.19. The first-order chi connectivity index (χ1) is 6.34. The normalized spacial score (nSPS) is 36.7. The van der Waals surface area contributed by atoms with Gasteiger partial charge in [0.25, 0.3) is 0 Å². The van der Waals surface area contributed by atoms with Crippen molar-refractivity contribution < 1.29 is 0 Å². The van der Waals surface area contributed by atoms with Crippen molar-refractivity contribution in [3.8, 4) is 0 Å². The molecule has 2 fully saturated rings. The van der Waals surface area contributed by atoms with Crippen LogP contribution in [0.4, 0.5) is 0 Å². The first-order valence-corrected chi connectivity index (χ1v) is 5.50. The molecule has 0 aromatic carbocycles. The second-order valence-corrected chi connectivity index (χ2v) is 4.46. The van der Waals surface area contributed by atoms with Crippen molar-refractivity contribution in [2.24, 2.45) is 0 Å². The molecule has 2 aliphatic rings. The molecule has 3 nitrogen and oxygen atoms in total. The van der Waals surface area contributed by atoms with Crippen LogP contribution in [-0.4, -0.2) is 50.2 Å². The molecule has 2 rings (SSSR count). The lowest BCUT2D eigenvalue weighted by Gasteiger charge is -2.27. The summed E-state index contributed by atoms with van der Waals surface area (Å²) in [5.41, 5.74) is 0. The van der Waals surface area contributed by atoms with Crippen molar-refractivity contribution in [3.63, 3.8) is 0 Å². The molecule has 2 atom stereocenters. The van der Waals surface area contributed by atoms with Gasteiger partial charge in [-0.1, -0.05) is 0 Å². The smallest absolute Gasteiger partial charge is 0.0210 e. The van der Waals surface area contributed by atoms with Crippen LogP contribution in [0.3, 0.4) is 0 Å². The molecule has 0 spiro atoms. The van der Waals surface area contributed by atoms with Crippen LogP contribution in [0.25, 0.3) is 0 Å². The molecule has 0 amide bonds. The fourth-order valence-corrected chi connectivity index (χ4v) is 2.40. The van der Waals surface area contributed by atoms with Gasteiger partial charge >= 0.3 is 0 Å². The van der Waals surface area contributed by atoms with Crippen LogP contribution in [0.2, 0.25) is 0 Å². The number of hydrogen-bond acceptors (Lipinski definition) is 3. The quantitative estimate of drug-likeness (QED) is 0.632. The number of likely N-dealkylation sites (N-methyl/N-ethyl adjacent to an activating group) is 1. The molecule has 0 aromatic heterocycles. The van der Waals surface area contributed by atoms with Gasteiger partial charge in [-0.15, -0.1) is 0 Å². The molecule has 0 radical (unpaired) electrons. The van der Waals surface area contributed by atoms with Gasteiger partial charge in [0.2, 0.25) is 0 Å². The van der Waals surface area contributed by atoms with Crippen LogP contribution < -0.4 is 10.6 Å². The summed E-state index contributed by atoms with van der Waals surface area (Å²) in [6.45, 7) is 4.87. The van der Waals surface area contributed by atoms with Gasteiger partial charge in [-0.2, -0.15) is 0 Å². The Hall–Kier alpha value is -0.120. The summed E-state index contributed by atoms with van der Waals surface area (Å²) in [5.74, 6) is 0. The highest BCUT2D eigenvalue weighted by atomic mass is 15.2. The highest BCUT2D eigenvalue weighted by molar-refractivity contribution is 4.84. The maximum atomic E-state index is 3.74. The number of likely N-dealkylation sites (tertiary alicyclic amines) is 1. The topological polar surface area (TPSA) is 27.3 Å². The Bertz CT molecular complexity index is 151. The lowest BCUT2D eigenvalue weighted by Crippen LogP contribution is -2.48. The summed E-state index contributed by atoms with van der Waals surface area (Å²) in [6, 6.07) is 1.47. The maximum Gasteiger partial charge on any atom is 0.0210 e. The van der Waals surface area contributed by atoms with Gasteiger partial charge < -0.3 is 15.5 Å². The van der Waals surface area contributed by atoms with E-state index in [1.807, 2.05) is 0 Å². The SMILES string of the molecule is CN1CCC(NC2CCCNC2)C1. The van der Waals surface area contributed by atoms with Crippen LogP contribution in [0.15, 0.2) is 0 Å². The van der Waals surface area contributed by atoms with Crippen molar-refractivity contribution >= 4 is 0 Å². The Morgan fingerprint density at radius 2 is 2.23 bits per heavy atom. The predicted molar refractivity (Wildman–Crippen MR) is 54.9 cm³/mol. The summed E-state index contributed by atoms with van der Waals surface area (Å²) in [4.78, 5) is 2.41. The van der Waals surface area contributed by atoms with Gasteiger partial charge in [0.15, 0.2) is 0 Å². The molecule has 2 N–H and O–H groups in total. The molecule has 2 saturated heterocycles. The van der Waals surface area contributed by atoms with Crippen LogP contribution >= 0.6 is 0 Å². The summed E-state index contributed by atoms with van der Waals surface area (Å²) in [7, 11) is 2.21. The standard InChI is InChI=1S/C10H21N3/c1-13-6-4-10(8-13)12-9-3-2-5-11-7-9/h9-12H,2-8H2,1H3. The van der Waals surface area contributed by atoms with E-state index >= 15 is 0 Å². The highest BCUT2D eigenvalue weighted by Gasteiger charge is 2.22. The zero-order valence-corrected chi connectivity index (χ0v) is 8.55. The Kier molecular flexibility index (Phi) is 3.19. The van der Waals surface area contributed by atoms with E-state index in [-0.39, 0.29) is 0 Å². The van der Waals surface area contributed by atoms with Gasteiger partial charge in [0, 0.05) is 25.2 Å². The fraction of sp³-hybridized carbons (Fsp3) is 1.00. The van der Waals surface area contributed by atoms with Crippen LogP contribution in [-0.2, 0) is 0 Å². The van der Waals surface area contributed by atoms with E-state index in [4.69, 9.17) is 0 Å². The number of hydrogen-bond donors (Lipinski definition) is 2. The minimum Gasteiger partial charge on any atom is -0.315 e. The van der Waals surface area contributed by atoms with E-state index in [0.717, 1.165) is 12.1 Å². The zero-order valence-electron chi connectivity index (χ0n) is 8.55. The average molecular weight is 183 g/mol. The number of nitrogens with one attached hydrogen (secondary N) is 2. The van der Waals surface area contributed by atoms with Crippen molar-refractivity contribution in [1.29, 1.82) is 0 Å². The molecule has 2 heterocycles. The molecule has 13 heavy (non-hydrogen) atoms. The van der Waals surface area contributed by atoms with E-state index < -0.39 is 0 Å². The maximum absolute atomic E-state index is 3.74. The van der Waals surface area contributed by atoms with Gasteiger partial charge in [-0.3, -0.25) is 0 Å². The third-order valence-electron chi connectivity index (χ3n) is 3.16. The molecule has 0 saturated carbocycles. The van der Waals surface area contributed by atoms with Crippen LogP contribution in [0, 0.1) is 0 Å². The summed E-state index contributed by atoms with van der Waals surface area (Å²) >= 11 is 0. The van der Waals surface area contributed by atoms with E-state index in [1.54, 1.807) is 0 Å². The predicted octanol–water partition coefficient (Wildman–Crippen LogP) is 0.0321. The first kappa shape index (κ1) is 9.44. The molecular weight excluding hydrogens is 162 g/mol. The van der Waals surface area contributed by atoms with Crippen molar-refractivity contribution in [2.45, 2.75) is 31.3 Å². The van der Waals surface area contributed by atoms with Crippen molar-refractivity contribution in [2.75, 3.05) is 33.2 Å². The van der Waals surface area contributed by atoms with Crippen LogP contribution in [0.5, 0.6) is 0 Å². The molecule has 3 heteroatoms. The second kappa shape index (κ2) is 4.40. The zero-order chi connectivity index (χ0) is 9.10. The number of rotatable bonds is 2. The first-order valence-electron chi connectivity index (χ1n) is 5.50. The van der Waals surface area contributed by atoms with Gasteiger partial charge in [-0.05, 0) is 39.4 Å². The van der Waals surface area contributed by atoms with Gasteiger partial charge in [0.05, 0.1) is 0 Å². The third kappa shape index (κ3) is 2.66. The highest BCUT2D eigenvalue weighted by Crippen LogP contribution is 2.09. The van der Waals surface area contributed by atoms with E-state index in [9.17, 15) is 0 Å². The van der Waals surface area contributed by atoms with E-state index in [1.165, 1.54) is 45.4 Å². The minimum atomic E-state index is 0.727. The number of piperidine rings is 1. The van der Waals surface area contributed by atoms with Gasteiger partial charge in [0.1, 0.15) is 0 Å². The minimum absolute atomic E-state index is 0.727. The molecule has 0 bridgehead atoms. The lowest BCUT2D eigenvalue weighted by atomic mass is 10.1. The Morgan fingerprint density at radius 1 is 1.31 bits per heavy atom. The van der Waals surface area contributed by atoms with E-state index in [0.29, 0.717) is 0 Å². The largest absolute Gasteiger partial charge is 0.315 e. The Labute approximate surface area is 80.9 Å². The average Bonchev–Trinajstić information content (AvgIpc) is 2.53. The Balaban J connectivity index is 1.71. The number of nitrogens with zero attached hydrogens (tertiary/aromatic N) is 1. The third-order valence-corrected chi connectivity index (χ3v) is 3.16. The van der Waals surface area contributed by atoms with E-state index in [2.05, 4.69) is 22.6 Å². The Morgan fingerprint density at radius 3 is 2.85 bits per heavy atom. The summed E-state index contributed by atoms with van der Waals surface area (Å²) in [6.07, 6.45) is 4.01. The van der Waals surface area contributed by atoms with Crippen molar-refractivity contribution in [1.82, 2.24) is 15.5 Å². The monoisotopic (exact) mass is 183 g/mol. The fourth-order valence-electron chi connectivity index (χ4n) is 2.40. The molecule has 2 aliphatic heterocycles.